The van der Waals surface area contributed by atoms with Crippen LogP contribution in [0.4, 0.5) is 0 Å². The van der Waals surface area contributed by atoms with Crippen molar-refractivity contribution in [1.82, 2.24) is 0 Å². The summed E-state index contributed by atoms with van der Waals surface area (Å²) in [5.41, 5.74) is 0. The van der Waals surface area contributed by atoms with E-state index < -0.39 is 0 Å². The van der Waals surface area contributed by atoms with Gasteiger partial charge in [-0.25, -0.2) is 0 Å². The number of hydrogen-bond donors (Lipinski definition) is 0. The summed E-state index contributed by atoms with van der Waals surface area (Å²) >= 11 is 0. The molecule has 0 aliphatic carbocycles. The van der Waals surface area contributed by atoms with Gasteiger partial charge in [0.05, 0.1) is 26.7 Å². The van der Waals surface area contributed by atoms with E-state index in [9.17, 15) is 4.79 Å². The predicted molar refractivity (Wildman–Crippen MR) is 42.3 cm³/mol. The topological polar surface area (TPSA) is 35.5 Å². The quantitative estimate of drug-likeness (QED) is 0.330. The van der Waals surface area contributed by atoms with Gasteiger partial charge < -0.3 is 9.47 Å². The van der Waals surface area contributed by atoms with Gasteiger partial charge in [-0.15, -0.1) is 6.58 Å². The van der Waals surface area contributed by atoms with Gasteiger partial charge in [-0.05, 0) is 6.42 Å². The first kappa shape index (κ1) is 10.2. The van der Waals surface area contributed by atoms with E-state index in [1.54, 1.807) is 6.08 Å². The van der Waals surface area contributed by atoms with E-state index in [0.717, 1.165) is 6.42 Å². The Morgan fingerprint density at radius 2 is 2.27 bits per heavy atom. The molecule has 0 aliphatic rings. The van der Waals surface area contributed by atoms with Crippen molar-refractivity contribution in [3.05, 3.63) is 12.7 Å². The van der Waals surface area contributed by atoms with Crippen LogP contribution in [0.15, 0.2) is 12.7 Å². The molecular formula is C8H14O3. The largest absolute Gasteiger partial charge is 0.469 e. The molecule has 0 spiro atoms. The lowest BCUT2D eigenvalue weighted by Crippen LogP contribution is -2.05. The number of carbonyl (C=O) groups is 1. The molecule has 0 amide bonds. The maximum Gasteiger partial charge on any atom is 0.307 e. The zero-order valence-corrected chi connectivity index (χ0v) is 6.84. The molecule has 3 nitrogen and oxygen atoms in total. The number of methoxy groups -OCH3 is 1. The molecule has 0 fully saturated rings. The molecule has 0 unspecified atom stereocenters. The Morgan fingerprint density at radius 1 is 1.55 bits per heavy atom. The van der Waals surface area contributed by atoms with E-state index in [1.165, 1.54) is 7.11 Å². The van der Waals surface area contributed by atoms with Crippen LogP contribution >= 0.6 is 0 Å². The lowest BCUT2D eigenvalue weighted by molar-refractivity contribution is -0.141. The summed E-state index contributed by atoms with van der Waals surface area (Å²) < 4.78 is 9.49. The van der Waals surface area contributed by atoms with Crippen LogP contribution < -0.4 is 0 Å². The van der Waals surface area contributed by atoms with Crippen molar-refractivity contribution in [2.24, 2.45) is 0 Å². The fourth-order valence-electron chi connectivity index (χ4n) is 0.526. The lowest BCUT2D eigenvalue weighted by Gasteiger charge is -2.00. The zero-order valence-electron chi connectivity index (χ0n) is 6.84. The van der Waals surface area contributed by atoms with Gasteiger partial charge in [-0.1, -0.05) is 6.08 Å². The van der Waals surface area contributed by atoms with Gasteiger partial charge in [0.1, 0.15) is 0 Å². The molecule has 0 aromatic heterocycles. The average Bonchev–Trinajstić information content (AvgIpc) is 2.04. The third-order valence-electron chi connectivity index (χ3n) is 1.14. The van der Waals surface area contributed by atoms with Gasteiger partial charge in [0.25, 0.3) is 0 Å². The van der Waals surface area contributed by atoms with Crippen molar-refractivity contribution in [3.8, 4) is 0 Å². The summed E-state index contributed by atoms with van der Waals surface area (Å²) in [5.74, 6) is -0.233. The van der Waals surface area contributed by atoms with E-state index in [4.69, 9.17) is 4.74 Å². The molecule has 0 heterocycles. The van der Waals surface area contributed by atoms with Crippen molar-refractivity contribution in [3.63, 3.8) is 0 Å². The summed E-state index contributed by atoms with van der Waals surface area (Å²) in [6, 6.07) is 0. The van der Waals surface area contributed by atoms with Crippen molar-refractivity contribution in [1.29, 1.82) is 0 Å². The molecular weight excluding hydrogens is 144 g/mol. The van der Waals surface area contributed by atoms with E-state index in [0.29, 0.717) is 19.6 Å². The van der Waals surface area contributed by atoms with Crippen LogP contribution in [-0.2, 0) is 14.3 Å². The number of hydrogen-bond acceptors (Lipinski definition) is 3. The normalized spacial score (nSPS) is 9.18. The predicted octanol–water partition coefficient (Wildman–Crippen LogP) is 1.14. The molecule has 0 saturated heterocycles. The summed E-state index contributed by atoms with van der Waals surface area (Å²) in [4.78, 5) is 10.5. The lowest BCUT2D eigenvalue weighted by atomic mass is 10.4. The minimum absolute atomic E-state index is 0.233. The first-order chi connectivity index (χ1) is 5.31. The van der Waals surface area contributed by atoms with Crippen LogP contribution in [0.25, 0.3) is 0 Å². The second kappa shape index (κ2) is 7.28. The highest BCUT2D eigenvalue weighted by atomic mass is 16.5. The SMILES string of the molecule is C=CCCOCCC(=O)OC. The Labute approximate surface area is 67.0 Å². The van der Waals surface area contributed by atoms with Gasteiger partial charge in [0, 0.05) is 0 Å². The van der Waals surface area contributed by atoms with E-state index in [-0.39, 0.29) is 5.97 Å². The average molecular weight is 158 g/mol. The third kappa shape index (κ3) is 7.06. The summed E-state index contributed by atoms with van der Waals surface area (Å²) in [6.07, 6.45) is 2.92. The molecule has 0 N–H and O–H groups in total. The number of ether oxygens (including phenoxy) is 2. The maximum absolute atomic E-state index is 10.5. The molecule has 0 radical (unpaired) electrons. The molecule has 11 heavy (non-hydrogen) atoms. The fourth-order valence-corrected chi connectivity index (χ4v) is 0.526. The van der Waals surface area contributed by atoms with Gasteiger partial charge >= 0.3 is 5.97 Å². The second-order valence-electron chi connectivity index (χ2n) is 2.02. The van der Waals surface area contributed by atoms with Crippen molar-refractivity contribution in [2.45, 2.75) is 12.8 Å². The Hall–Kier alpha value is -0.830. The van der Waals surface area contributed by atoms with E-state index in [2.05, 4.69) is 11.3 Å². The Morgan fingerprint density at radius 3 is 2.82 bits per heavy atom. The van der Waals surface area contributed by atoms with Crippen LogP contribution in [0.1, 0.15) is 12.8 Å². The molecule has 0 atom stereocenters. The van der Waals surface area contributed by atoms with Crippen molar-refractivity contribution < 1.29 is 14.3 Å². The number of carbonyl (C=O) groups excluding carboxylic acids is 1. The van der Waals surface area contributed by atoms with E-state index >= 15 is 0 Å². The highest BCUT2D eigenvalue weighted by molar-refractivity contribution is 5.69. The third-order valence-corrected chi connectivity index (χ3v) is 1.14. The standard InChI is InChI=1S/C8H14O3/c1-3-4-6-11-7-5-8(9)10-2/h3H,1,4-7H2,2H3. The van der Waals surface area contributed by atoms with Crippen LogP contribution in [0.2, 0.25) is 0 Å². The molecule has 0 rings (SSSR count). The molecule has 64 valence electrons. The molecule has 0 aliphatic heterocycles. The second-order valence-corrected chi connectivity index (χ2v) is 2.02. The molecule has 0 aromatic rings. The first-order valence-electron chi connectivity index (χ1n) is 3.56. The maximum atomic E-state index is 10.5. The smallest absolute Gasteiger partial charge is 0.307 e. The summed E-state index contributed by atoms with van der Waals surface area (Å²) in [5, 5.41) is 0. The molecule has 0 bridgehead atoms. The van der Waals surface area contributed by atoms with E-state index in [1.807, 2.05) is 0 Å². The Bertz CT molecular complexity index is 121. The van der Waals surface area contributed by atoms with Crippen LogP contribution in [0.5, 0.6) is 0 Å². The van der Waals surface area contributed by atoms with Gasteiger partial charge in [0.2, 0.25) is 0 Å². The summed E-state index contributed by atoms with van der Waals surface area (Å²) in [7, 11) is 1.37. The Balaban J connectivity index is 3.01. The van der Waals surface area contributed by atoms with Crippen LogP contribution in [0, 0.1) is 0 Å². The first-order valence-corrected chi connectivity index (χ1v) is 3.56. The van der Waals surface area contributed by atoms with Gasteiger partial charge in [-0.3, -0.25) is 4.79 Å². The zero-order chi connectivity index (χ0) is 8.53. The van der Waals surface area contributed by atoms with Crippen molar-refractivity contribution in [2.75, 3.05) is 20.3 Å². The van der Waals surface area contributed by atoms with Crippen molar-refractivity contribution >= 4 is 5.97 Å². The molecule has 3 heteroatoms. The minimum Gasteiger partial charge on any atom is -0.469 e. The number of rotatable bonds is 6. The Kier molecular flexibility index (Phi) is 6.73. The highest BCUT2D eigenvalue weighted by Gasteiger charge is 1.97. The van der Waals surface area contributed by atoms with Crippen LogP contribution in [0.3, 0.4) is 0 Å². The molecule has 0 saturated carbocycles. The monoisotopic (exact) mass is 158 g/mol. The van der Waals surface area contributed by atoms with Crippen LogP contribution in [-0.4, -0.2) is 26.3 Å². The highest BCUT2D eigenvalue weighted by Crippen LogP contribution is 1.88. The molecule has 0 aromatic carbocycles. The minimum atomic E-state index is -0.233. The summed E-state index contributed by atoms with van der Waals surface area (Å²) in [6.45, 7) is 4.59. The van der Waals surface area contributed by atoms with Gasteiger partial charge in [-0.2, -0.15) is 0 Å². The van der Waals surface area contributed by atoms with Gasteiger partial charge in [0.15, 0.2) is 0 Å². The fraction of sp³-hybridized carbons (Fsp3) is 0.625. The number of esters is 1.